The predicted molar refractivity (Wildman–Crippen MR) is 42.5 cm³/mol. The van der Waals surface area contributed by atoms with Gasteiger partial charge in [-0.25, -0.2) is 0 Å². The Morgan fingerprint density at radius 3 is 2.33 bits per heavy atom. The van der Waals surface area contributed by atoms with E-state index in [-0.39, 0.29) is 33.9 Å². The molecule has 4 N–H and O–H groups in total. The molecule has 0 aliphatic heterocycles. The smallest absolute Gasteiger partial charge is 0.157 e. The molecule has 0 bridgehead atoms. The second-order valence-electron chi connectivity index (χ2n) is 2.36. The van der Waals surface area contributed by atoms with Crippen molar-refractivity contribution in [1.29, 1.82) is 0 Å². The van der Waals surface area contributed by atoms with Crippen molar-refractivity contribution in [2.45, 2.75) is 6.42 Å². The zero-order valence-electron chi connectivity index (χ0n) is 6.42. The summed E-state index contributed by atoms with van der Waals surface area (Å²) in [5.74, 6) is -0.179. The molecule has 0 spiro atoms. The van der Waals surface area contributed by atoms with Gasteiger partial charge in [-0.3, -0.25) is 0 Å². The van der Waals surface area contributed by atoms with Gasteiger partial charge < -0.3 is 15.9 Å². The molecule has 1 aromatic rings. The van der Waals surface area contributed by atoms with E-state index in [0.717, 1.165) is 5.56 Å². The molecule has 0 aliphatic carbocycles. The van der Waals surface area contributed by atoms with E-state index in [2.05, 4.69) is 0 Å². The van der Waals surface area contributed by atoms with Crippen molar-refractivity contribution in [3.63, 3.8) is 0 Å². The molecule has 0 aromatic heterocycles. The molecule has 1 radical (unpaired) electrons. The van der Waals surface area contributed by atoms with Gasteiger partial charge in [-0.05, 0) is 30.7 Å². The summed E-state index contributed by atoms with van der Waals surface area (Å²) in [5.41, 5.74) is 6.24. The van der Waals surface area contributed by atoms with Crippen LogP contribution in [0.15, 0.2) is 18.2 Å². The van der Waals surface area contributed by atoms with Crippen LogP contribution in [-0.2, 0) is 28.8 Å². The molecule has 0 fully saturated rings. The fourth-order valence-electron chi connectivity index (χ4n) is 0.891. The summed E-state index contributed by atoms with van der Waals surface area (Å²) in [6.07, 6.45) is 0.716. The van der Waals surface area contributed by atoms with Crippen molar-refractivity contribution < 1.29 is 32.6 Å². The van der Waals surface area contributed by atoms with E-state index in [1.807, 2.05) is 0 Å². The molecule has 3 nitrogen and oxygen atoms in total. The van der Waals surface area contributed by atoms with Crippen molar-refractivity contribution in [2.24, 2.45) is 5.73 Å². The summed E-state index contributed by atoms with van der Waals surface area (Å²) in [6.45, 7) is 0.546. The number of benzene rings is 1. The third-order valence-electron chi connectivity index (χ3n) is 1.47. The van der Waals surface area contributed by atoms with Crippen LogP contribution < -0.4 is 5.73 Å². The van der Waals surface area contributed by atoms with Crippen molar-refractivity contribution in [2.75, 3.05) is 6.54 Å². The van der Waals surface area contributed by atoms with Crippen LogP contribution in [0.5, 0.6) is 11.5 Å². The summed E-state index contributed by atoms with van der Waals surface area (Å²) in [6, 6.07) is 4.71. The molecule has 0 amide bonds. The Labute approximate surface area is 86.7 Å². The van der Waals surface area contributed by atoms with Crippen LogP contribution in [-0.4, -0.2) is 16.8 Å². The maximum atomic E-state index is 9.04. The van der Waals surface area contributed by atoms with E-state index < -0.39 is 0 Å². The zero-order valence-corrected chi connectivity index (χ0v) is 7.90. The fourth-order valence-corrected chi connectivity index (χ4v) is 0.891. The van der Waals surface area contributed by atoms with E-state index in [1.165, 1.54) is 12.1 Å². The van der Waals surface area contributed by atoms with E-state index in [9.17, 15) is 0 Å². The zero-order chi connectivity index (χ0) is 8.27. The average molecular weight is 261 g/mol. The molecule has 0 saturated carbocycles. The van der Waals surface area contributed by atoms with Gasteiger partial charge in [0.1, 0.15) is 0 Å². The summed E-state index contributed by atoms with van der Waals surface area (Å²) in [7, 11) is 0. The standard InChI is InChI=1S/C8H11NO2.Ag/c9-4-3-6-1-2-7(10)8(11)5-6;/h1-2,5,10-11H,3-4,9H2;. The van der Waals surface area contributed by atoms with Gasteiger partial charge in [0.2, 0.25) is 0 Å². The van der Waals surface area contributed by atoms with E-state index in [4.69, 9.17) is 15.9 Å². The van der Waals surface area contributed by atoms with Crippen molar-refractivity contribution in [1.82, 2.24) is 0 Å². The Balaban J connectivity index is 0.00000121. The van der Waals surface area contributed by atoms with Gasteiger partial charge in [-0.15, -0.1) is 0 Å². The number of phenols is 2. The Bertz CT molecular complexity index is 253. The summed E-state index contributed by atoms with van der Waals surface area (Å²) in [4.78, 5) is 0. The number of aromatic hydroxyl groups is 2. The van der Waals surface area contributed by atoms with Crippen LogP contribution in [0.1, 0.15) is 5.56 Å². The monoisotopic (exact) mass is 260 g/mol. The first-order valence-electron chi connectivity index (χ1n) is 3.45. The third-order valence-corrected chi connectivity index (χ3v) is 1.47. The van der Waals surface area contributed by atoms with E-state index in [1.54, 1.807) is 6.07 Å². The van der Waals surface area contributed by atoms with Crippen LogP contribution in [0.3, 0.4) is 0 Å². The molecule has 1 rings (SSSR count). The van der Waals surface area contributed by atoms with Gasteiger partial charge in [0.15, 0.2) is 11.5 Å². The Hall–Kier alpha value is -0.480. The van der Waals surface area contributed by atoms with Crippen LogP contribution in [0.2, 0.25) is 0 Å². The van der Waals surface area contributed by atoms with Gasteiger partial charge in [0.05, 0.1) is 0 Å². The minimum Gasteiger partial charge on any atom is -0.504 e. The first-order chi connectivity index (χ1) is 5.24. The molecule has 0 saturated heterocycles. The number of hydrogen-bond acceptors (Lipinski definition) is 3. The minimum absolute atomic E-state index is 0. The number of nitrogens with two attached hydrogens (primary N) is 1. The molecular formula is C8H11AgNO2. The maximum Gasteiger partial charge on any atom is 0.157 e. The van der Waals surface area contributed by atoms with Crippen LogP contribution in [0.25, 0.3) is 0 Å². The molecule has 0 aliphatic rings. The normalized spacial score (nSPS) is 9.08. The van der Waals surface area contributed by atoms with E-state index in [0.29, 0.717) is 13.0 Å². The second kappa shape index (κ2) is 5.22. The molecule has 1 aromatic carbocycles. The molecule has 0 heterocycles. The molecule has 0 atom stereocenters. The van der Waals surface area contributed by atoms with E-state index >= 15 is 0 Å². The third kappa shape index (κ3) is 2.87. The second-order valence-corrected chi connectivity index (χ2v) is 2.36. The Kier molecular flexibility index (Phi) is 5.01. The van der Waals surface area contributed by atoms with Gasteiger partial charge in [0.25, 0.3) is 0 Å². The number of phenolic OH excluding ortho intramolecular Hbond substituents is 2. The largest absolute Gasteiger partial charge is 0.504 e. The quantitative estimate of drug-likeness (QED) is 0.539. The fraction of sp³-hybridized carbons (Fsp3) is 0.250. The van der Waals surface area contributed by atoms with Crippen molar-refractivity contribution in [3.05, 3.63) is 23.8 Å². The van der Waals surface area contributed by atoms with Crippen molar-refractivity contribution >= 4 is 0 Å². The summed E-state index contributed by atoms with van der Waals surface area (Å²) in [5, 5.41) is 18.0. The number of hydrogen-bond donors (Lipinski definition) is 3. The van der Waals surface area contributed by atoms with Gasteiger partial charge in [-0.1, -0.05) is 6.07 Å². The Morgan fingerprint density at radius 1 is 1.17 bits per heavy atom. The maximum absolute atomic E-state index is 9.04. The SMILES string of the molecule is NCCc1ccc(O)c(O)c1.[Ag]. The first kappa shape index (κ1) is 11.5. The van der Waals surface area contributed by atoms with Crippen LogP contribution in [0.4, 0.5) is 0 Å². The molecule has 4 heteroatoms. The Morgan fingerprint density at radius 2 is 1.83 bits per heavy atom. The van der Waals surface area contributed by atoms with Gasteiger partial charge >= 0.3 is 0 Å². The predicted octanol–water partition coefficient (Wildman–Crippen LogP) is 0.596. The summed E-state index contributed by atoms with van der Waals surface area (Å²) < 4.78 is 0. The van der Waals surface area contributed by atoms with Gasteiger partial charge in [0, 0.05) is 22.4 Å². The average Bonchev–Trinajstić information content (AvgIpc) is 1.98. The van der Waals surface area contributed by atoms with Crippen LogP contribution >= 0.6 is 0 Å². The van der Waals surface area contributed by atoms with Crippen LogP contribution in [0, 0.1) is 0 Å². The van der Waals surface area contributed by atoms with Crippen molar-refractivity contribution in [3.8, 4) is 11.5 Å². The van der Waals surface area contributed by atoms with Gasteiger partial charge in [-0.2, -0.15) is 0 Å². The molecule has 12 heavy (non-hydrogen) atoms. The summed E-state index contributed by atoms with van der Waals surface area (Å²) >= 11 is 0. The topological polar surface area (TPSA) is 66.5 Å². The minimum atomic E-state index is -0.0919. The number of rotatable bonds is 2. The molecular weight excluding hydrogens is 250 g/mol. The first-order valence-corrected chi connectivity index (χ1v) is 3.45. The molecule has 0 unspecified atom stereocenters. The molecule has 71 valence electrons.